The fourth-order valence-electron chi connectivity index (χ4n) is 13.5. The minimum atomic E-state index is 0.0713. The number of anilines is 3. The standard InChI is InChI=1S/C64H51N/c1-3-17-45(18-4-1)48-21-15-22-49(42-48)46-33-35-52(36-34-46)65(61-31-14-12-27-57(61)56-26-10-9-25-55(56)54-24-8-7-23-53(54)47-19-5-2-6-20-47)62-32-16-30-60-63(62)58-28-11-13-29-59(58)64(60)50-38-43-37-44(40-50)41-51(64)39-43/h1-36,42-44,50-51H,37-41H2. The molecule has 5 aliphatic rings. The van der Waals surface area contributed by atoms with Crippen molar-refractivity contribution in [2.24, 2.45) is 23.7 Å². The van der Waals surface area contributed by atoms with Gasteiger partial charge in [-0.15, -0.1) is 0 Å². The zero-order chi connectivity index (χ0) is 42.9. The van der Waals surface area contributed by atoms with Crippen molar-refractivity contribution >= 4 is 17.1 Å². The molecule has 5 aliphatic carbocycles. The van der Waals surface area contributed by atoms with Crippen molar-refractivity contribution in [1.82, 2.24) is 0 Å². The van der Waals surface area contributed by atoms with Gasteiger partial charge in [0.1, 0.15) is 0 Å². The Morgan fingerprint density at radius 1 is 0.308 bits per heavy atom. The Morgan fingerprint density at radius 3 is 1.42 bits per heavy atom. The van der Waals surface area contributed by atoms with Crippen LogP contribution in [0, 0.1) is 23.7 Å². The monoisotopic (exact) mass is 833 g/mol. The number of hydrogen-bond acceptors (Lipinski definition) is 1. The van der Waals surface area contributed by atoms with Gasteiger partial charge in [-0.25, -0.2) is 0 Å². The van der Waals surface area contributed by atoms with Crippen LogP contribution in [0.15, 0.2) is 224 Å². The molecule has 4 saturated carbocycles. The summed E-state index contributed by atoms with van der Waals surface area (Å²) in [5.41, 5.74) is 21.9. The Labute approximate surface area is 383 Å². The molecule has 4 bridgehead atoms. The topological polar surface area (TPSA) is 3.24 Å². The van der Waals surface area contributed by atoms with E-state index in [1.165, 1.54) is 110 Å². The van der Waals surface area contributed by atoms with Crippen molar-refractivity contribution in [1.29, 1.82) is 0 Å². The molecular weight excluding hydrogens is 783 g/mol. The molecule has 0 N–H and O–H groups in total. The molecule has 9 aromatic carbocycles. The van der Waals surface area contributed by atoms with Crippen molar-refractivity contribution in [3.05, 3.63) is 236 Å². The van der Waals surface area contributed by atoms with Gasteiger partial charge in [0.2, 0.25) is 0 Å². The molecule has 0 atom stereocenters. The van der Waals surface area contributed by atoms with Crippen LogP contribution in [-0.2, 0) is 5.41 Å². The molecule has 0 aliphatic heterocycles. The molecule has 0 heterocycles. The zero-order valence-electron chi connectivity index (χ0n) is 36.7. The normalized spacial score (nSPS) is 21.0. The molecule has 312 valence electrons. The molecule has 1 heteroatoms. The van der Waals surface area contributed by atoms with E-state index < -0.39 is 0 Å². The summed E-state index contributed by atoms with van der Waals surface area (Å²) in [7, 11) is 0. The molecule has 0 unspecified atom stereocenters. The van der Waals surface area contributed by atoms with E-state index in [0.29, 0.717) is 11.8 Å². The van der Waals surface area contributed by atoms with Gasteiger partial charge in [-0.05, 0) is 153 Å². The molecule has 0 amide bonds. The van der Waals surface area contributed by atoms with Gasteiger partial charge in [-0.2, -0.15) is 0 Å². The molecule has 1 nitrogen and oxygen atoms in total. The number of benzene rings is 9. The van der Waals surface area contributed by atoms with Crippen LogP contribution in [0.25, 0.3) is 66.8 Å². The van der Waals surface area contributed by atoms with Gasteiger partial charge in [0.05, 0.1) is 11.4 Å². The number of rotatable bonds is 8. The third-order valence-corrected chi connectivity index (χ3v) is 15.9. The minimum Gasteiger partial charge on any atom is -0.309 e. The quantitative estimate of drug-likeness (QED) is 0.147. The number of para-hydroxylation sites is 1. The smallest absolute Gasteiger partial charge is 0.0543 e. The lowest BCUT2D eigenvalue weighted by molar-refractivity contribution is -0.0399. The van der Waals surface area contributed by atoms with E-state index in [1.807, 2.05) is 0 Å². The number of nitrogens with zero attached hydrogens (tertiary/aromatic N) is 1. The van der Waals surface area contributed by atoms with E-state index in [-0.39, 0.29) is 5.41 Å². The lowest BCUT2D eigenvalue weighted by Gasteiger charge is -2.61. The highest BCUT2D eigenvalue weighted by atomic mass is 15.1. The van der Waals surface area contributed by atoms with Gasteiger partial charge in [-0.1, -0.05) is 194 Å². The average Bonchev–Trinajstić information content (AvgIpc) is 3.68. The van der Waals surface area contributed by atoms with Gasteiger partial charge in [0, 0.05) is 22.2 Å². The van der Waals surface area contributed by atoms with Crippen LogP contribution in [0.2, 0.25) is 0 Å². The molecule has 1 spiro atoms. The Hall–Kier alpha value is -7.22. The first-order valence-corrected chi connectivity index (χ1v) is 23.8. The van der Waals surface area contributed by atoms with Crippen LogP contribution >= 0.6 is 0 Å². The first-order valence-electron chi connectivity index (χ1n) is 23.8. The predicted molar refractivity (Wildman–Crippen MR) is 272 cm³/mol. The van der Waals surface area contributed by atoms with Crippen LogP contribution in [0.3, 0.4) is 0 Å². The molecule has 9 aromatic rings. The maximum atomic E-state index is 2.60. The predicted octanol–water partition coefficient (Wildman–Crippen LogP) is 17.2. The largest absolute Gasteiger partial charge is 0.309 e. The highest BCUT2D eigenvalue weighted by molar-refractivity contribution is 6.01. The summed E-state index contributed by atoms with van der Waals surface area (Å²) in [4.78, 5) is 2.60. The molecule has 14 rings (SSSR count). The van der Waals surface area contributed by atoms with Crippen molar-refractivity contribution in [2.45, 2.75) is 37.5 Å². The molecule has 0 saturated heterocycles. The third-order valence-electron chi connectivity index (χ3n) is 15.9. The number of hydrogen-bond donors (Lipinski definition) is 0. The van der Waals surface area contributed by atoms with Gasteiger partial charge in [-0.3, -0.25) is 0 Å². The molecule has 4 fully saturated rings. The minimum absolute atomic E-state index is 0.0713. The Kier molecular flexibility index (Phi) is 9.12. The second-order valence-corrected chi connectivity index (χ2v) is 19.2. The summed E-state index contributed by atoms with van der Waals surface area (Å²) in [6.07, 6.45) is 6.92. The average molecular weight is 834 g/mol. The van der Waals surface area contributed by atoms with Crippen LogP contribution in [0.1, 0.15) is 43.2 Å². The summed E-state index contributed by atoms with van der Waals surface area (Å²) in [5, 5.41) is 0. The summed E-state index contributed by atoms with van der Waals surface area (Å²) >= 11 is 0. The summed E-state index contributed by atoms with van der Waals surface area (Å²) in [5.74, 6) is 3.18. The summed E-state index contributed by atoms with van der Waals surface area (Å²) in [6, 6.07) is 83.8. The number of fused-ring (bicyclic) bond motifs is 3. The van der Waals surface area contributed by atoms with Gasteiger partial charge in [0.25, 0.3) is 0 Å². The van der Waals surface area contributed by atoms with E-state index in [1.54, 1.807) is 11.1 Å². The first kappa shape index (κ1) is 38.3. The summed E-state index contributed by atoms with van der Waals surface area (Å²) < 4.78 is 0. The third kappa shape index (κ3) is 6.13. The SMILES string of the molecule is c1ccc(-c2cccc(-c3ccc(N(c4ccccc4-c4ccccc4-c4ccccc4-c4ccccc4)c4cccc5c4-c4ccccc4C54C5CC6CC(C5)CC4C6)cc3)c2)cc1. The lowest BCUT2D eigenvalue weighted by Crippen LogP contribution is -2.55. The maximum Gasteiger partial charge on any atom is 0.0543 e. The van der Waals surface area contributed by atoms with Crippen LogP contribution < -0.4 is 4.90 Å². The van der Waals surface area contributed by atoms with E-state index >= 15 is 0 Å². The highest BCUT2D eigenvalue weighted by Gasteiger charge is 2.61. The van der Waals surface area contributed by atoms with Crippen molar-refractivity contribution < 1.29 is 0 Å². The maximum absolute atomic E-state index is 2.60. The Bertz CT molecular complexity index is 3190. The first-order chi connectivity index (χ1) is 32.2. The van der Waals surface area contributed by atoms with Crippen LogP contribution in [0.5, 0.6) is 0 Å². The van der Waals surface area contributed by atoms with E-state index in [0.717, 1.165) is 17.5 Å². The Balaban J connectivity index is 1.02. The van der Waals surface area contributed by atoms with E-state index in [2.05, 4.69) is 229 Å². The fraction of sp³-hybridized carbons (Fsp3) is 0.156. The van der Waals surface area contributed by atoms with Gasteiger partial charge >= 0.3 is 0 Å². The molecular formula is C64H51N. The van der Waals surface area contributed by atoms with Crippen LogP contribution in [0.4, 0.5) is 17.1 Å². The molecule has 0 radical (unpaired) electrons. The lowest BCUT2D eigenvalue weighted by atomic mass is 9.43. The molecule has 0 aromatic heterocycles. The summed E-state index contributed by atoms with van der Waals surface area (Å²) in [6.45, 7) is 0. The van der Waals surface area contributed by atoms with Crippen molar-refractivity contribution in [2.75, 3.05) is 4.90 Å². The van der Waals surface area contributed by atoms with Crippen LogP contribution in [-0.4, -0.2) is 0 Å². The van der Waals surface area contributed by atoms with Gasteiger partial charge < -0.3 is 4.90 Å². The fourth-order valence-corrected chi connectivity index (χ4v) is 13.5. The molecule has 65 heavy (non-hydrogen) atoms. The Morgan fingerprint density at radius 2 is 0.754 bits per heavy atom. The van der Waals surface area contributed by atoms with Gasteiger partial charge in [0.15, 0.2) is 0 Å². The zero-order valence-corrected chi connectivity index (χ0v) is 36.7. The highest BCUT2D eigenvalue weighted by Crippen LogP contribution is 2.70. The van der Waals surface area contributed by atoms with Crippen molar-refractivity contribution in [3.8, 4) is 66.8 Å². The van der Waals surface area contributed by atoms with E-state index in [4.69, 9.17) is 0 Å². The second-order valence-electron chi connectivity index (χ2n) is 19.2. The second kappa shape index (κ2) is 15.5. The van der Waals surface area contributed by atoms with Crippen molar-refractivity contribution in [3.63, 3.8) is 0 Å². The van der Waals surface area contributed by atoms with E-state index in [9.17, 15) is 0 Å².